The van der Waals surface area contributed by atoms with Crippen molar-refractivity contribution in [3.63, 3.8) is 0 Å². The molecule has 0 aliphatic heterocycles. The summed E-state index contributed by atoms with van der Waals surface area (Å²) in [6, 6.07) is 3.84. The fourth-order valence-corrected chi connectivity index (χ4v) is 2.26. The summed E-state index contributed by atoms with van der Waals surface area (Å²) in [6.07, 6.45) is 7.59. The third-order valence-corrected chi connectivity index (χ3v) is 3.51. The minimum absolute atomic E-state index is 0.719. The fraction of sp³-hybridized carbons (Fsp3) is 0.0909. The molecule has 0 aliphatic rings. The van der Waals surface area contributed by atoms with Crippen LogP contribution in [0.2, 0.25) is 0 Å². The summed E-state index contributed by atoms with van der Waals surface area (Å²) in [4.78, 5) is 7.25. The first kappa shape index (κ1) is 11.0. The predicted octanol–water partition coefficient (Wildman–Crippen LogP) is 1.23. The number of hydrogen-bond donors (Lipinski definition) is 1. The van der Waals surface area contributed by atoms with E-state index in [9.17, 15) is 8.42 Å². The third kappa shape index (κ3) is 1.78. The van der Waals surface area contributed by atoms with Crippen molar-refractivity contribution in [3.05, 3.63) is 36.9 Å². The molecule has 7 heteroatoms. The second-order valence-corrected chi connectivity index (χ2v) is 5.84. The largest absolute Gasteiger partial charge is 0.346 e. The van der Waals surface area contributed by atoms with Gasteiger partial charge in [0.25, 0.3) is 10.0 Å². The molecular weight excluding hydrogens is 252 g/mol. The highest BCUT2D eigenvalue weighted by Crippen LogP contribution is 2.21. The lowest BCUT2D eigenvalue weighted by atomic mass is 10.1. The summed E-state index contributed by atoms with van der Waals surface area (Å²) in [5.41, 5.74) is 2.35. The molecule has 0 aliphatic carbocycles. The lowest BCUT2D eigenvalue weighted by Crippen LogP contribution is -2.09. The number of pyridine rings is 1. The summed E-state index contributed by atoms with van der Waals surface area (Å²) in [5.74, 6) is 0. The molecule has 3 heterocycles. The van der Waals surface area contributed by atoms with E-state index in [1.54, 1.807) is 12.4 Å². The maximum absolute atomic E-state index is 11.3. The fourth-order valence-electron chi connectivity index (χ4n) is 1.73. The zero-order chi connectivity index (χ0) is 12.8. The van der Waals surface area contributed by atoms with Crippen molar-refractivity contribution in [2.45, 2.75) is 0 Å². The summed E-state index contributed by atoms with van der Waals surface area (Å²) >= 11 is 0. The van der Waals surface area contributed by atoms with Crippen molar-refractivity contribution in [1.29, 1.82) is 0 Å². The highest BCUT2D eigenvalue weighted by molar-refractivity contribution is 7.89. The monoisotopic (exact) mass is 262 g/mol. The molecule has 3 aromatic rings. The van der Waals surface area contributed by atoms with Crippen LogP contribution in [0.25, 0.3) is 22.2 Å². The molecule has 18 heavy (non-hydrogen) atoms. The molecule has 0 amide bonds. The van der Waals surface area contributed by atoms with Crippen LogP contribution in [-0.4, -0.2) is 33.8 Å². The number of nitrogens with zero attached hydrogens (tertiary/aromatic N) is 3. The van der Waals surface area contributed by atoms with Crippen molar-refractivity contribution < 1.29 is 8.42 Å². The van der Waals surface area contributed by atoms with Crippen molar-refractivity contribution >= 4 is 21.1 Å². The Labute approximate surface area is 103 Å². The van der Waals surface area contributed by atoms with Crippen LogP contribution in [0.1, 0.15) is 0 Å². The van der Waals surface area contributed by atoms with E-state index in [0.717, 1.165) is 32.5 Å². The Kier molecular flexibility index (Phi) is 2.24. The molecule has 0 bridgehead atoms. The van der Waals surface area contributed by atoms with Crippen LogP contribution in [-0.2, 0) is 10.0 Å². The van der Waals surface area contributed by atoms with Crippen LogP contribution in [0.3, 0.4) is 0 Å². The number of aromatic nitrogens is 4. The van der Waals surface area contributed by atoms with E-state index < -0.39 is 10.0 Å². The van der Waals surface area contributed by atoms with Gasteiger partial charge in [-0.1, -0.05) is 0 Å². The Balaban J connectivity index is 2.11. The van der Waals surface area contributed by atoms with Gasteiger partial charge in [-0.05, 0) is 12.1 Å². The number of hydrogen-bond acceptors (Lipinski definition) is 4. The van der Waals surface area contributed by atoms with Gasteiger partial charge in [-0.15, -0.1) is 0 Å². The van der Waals surface area contributed by atoms with Crippen LogP contribution >= 0.6 is 0 Å². The molecule has 0 fully saturated rings. The Morgan fingerprint density at radius 3 is 2.83 bits per heavy atom. The SMILES string of the molecule is CS(=O)(=O)n1cc(-c2cnc3[nH]ccc3c2)cn1. The quantitative estimate of drug-likeness (QED) is 0.753. The first-order valence-corrected chi connectivity index (χ1v) is 7.07. The van der Waals surface area contributed by atoms with Crippen LogP contribution < -0.4 is 0 Å². The van der Waals surface area contributed by atoms with Gasteiger partial charge in [-0.3, -0.25) is 0 Å². The number of fused-ring (bicyclic) bond motifs is 1. The Morgan fingerprint density at radius 2 is 2.11 bits per heavy atom. The van der Waals surface area contributed by atoms with Crippen molar-refractivity contribution in [3.8, 4) is 11.1 Å². The van der Waals surface area contributed by atoms with Gasteiger partial charge in [-0.25, -0.2) is 13.4 Å². The van der Waals surface area contributed by atoms with Gasteiger partial charge in [0.05, 0.1) is 18.6 Å². The minimum Gasteiger partial charge on any atom is -0.346 e. The zero-order valence-electron chi connectivity index (χ0n) is 9.53. The van der Waals surface area contributed by atoms with Crippen molar-refractivity contribution in [2.24, 2.45) is 0 Å². The van der Waals surface area contributed by atoms with Gasteiger partial charge < -0.3 is 4.98 Å². The van der Waals surface area contributed by atoms with Gasteiger partial charge in [0.15, 0.2) is 0 Å². The first-order valence-electron chi connectivity index (χ1n) is 5.23. The first-order chi connectivity index (χ1) is 8.54. The van der Waals surface area contributed by atoms with E-state index in [1.807, 2.05) is 12.1 Å². The molecule has 0 saturated carbocycles. The standard InChI is InChI=1S/C11H10N4O2S/c1-18(16,17)15-7-10(6-14-15)9-4-8-2-3-12-11(8)13-5-9/h2-7H,1H3,(H,12,13). The molecule has 1 N–H and O–H groups in total. The summed E-state index contributed by atoms with van der Waals surface area (Å²) in [6.45, 7) is 0. The number of aromatic amines is 1. The third-order valence-electron chi connectivity index (χ3n) is 2.63. The van der Waals surface area contributed by atoms with E-state index in [1.165, 1.54) is 12.4 Å². The van der Waals surface area contributed by atoms with Gasteiger partial charge in [0, 0.05) is 28.9 Å². The second kappa shape index (κ2) is 3.67. The van der Waals surface area contributed by atoms with Gasteiger partial charge in [-0.2, -0.15) is 9.19 Å². The number of nitrogens with one attached hydrogen (secondary N) is 1. The molecule has 0 saturated heterocycles. The van der Waals surface area contributed by atoms with Crippen LogP contribution in [0.4, 0.5) is 0 Å². The van der Waals surface area contributed by atoms with Gasteiger partial charge >= 0.3 is 0 Å². The molecule has 0 aromatic carbocycles. The molecular formula is C11H10N4O2S. The zero-order valence-corrected chi connectivity index (χ0v) is 10.3. The van der Waals surface area contributed by atoms with Crippen LogP contribution in [0, 0.1) is 0 Å². The normalized spacial score (nSPS) is 12.1. The molecule has 3 aromatic heterocycles. The summed E-state index contributed by atoms with van der Waals surface area (Å²) in [7, 11) is -3.34. The van der Waals surface area contributed by atoms with E-state index in [2.05, 4.69) is 15.1 Å². The summed E-state index contributed by atoms with van der Waals surface area (Å²) < 4.78 is 23.6. The highest BCUT2D eigenvalue weighted by Gasteiger charge is 2.09. The molecule has 0 atom stereocenters. The van der Waals surface area contributed by atoms with E-state index in [-0.39, 0.29) is 0 Å². The average Bonchev–Trinajstić information content (AvgIpc) is 2.96. The molecule has 3 rings (SSSR count). The predicted molar refractivity (Wildman–Crippen MR) is 67.6 cm³/mol. The molecule has 6 nitrogen and oxygen atoms in total. The van der Waals surface area contributed by atoms with Crippen molar-refractivity contribution in [2.75, 3.05) is 6.26 Å². The Morgan fingerprint density at radius 1 is 1.28 bits per heavy atom. The lowest BCUT2D eigenvalue weighted by Gasteiger charge is -1.97. The smallest absolute Gasteiger partial charge is 0.250 e. The number of rotatable bonds is 2. The van der Waals surface area contributed by atoms with Crippen molar-refractivity contribution in [1.82, 2.24) is 19.2 Å². The molecule has 0 unspecified atom stereocenters. The van der Waals surface area contributed by atoms with E-state index in [0.29, 0.717) is 0 Å². The van der Waals surface area contributed by atoms with Crippen LogP contribution in [0.5, 0.6) is 0 Å². The topological polar surface area (TPSA) is 80.6 Å². The van der Waals surface area contributed by atoms with Gasteiger partial charge in [0.1, 0.15) is 5.65 Å². The number of H-pyrrole nitrogens is 1. The lowest BCUT2D eigenvalue weighted by molar-refractivity contribution is 0.586. The molecule has 0 radical (unpaired) electrons. The average molecular weight is 262 g/mol. The van der Waals surface area contributed by atoms with Crippen LogP contribution in [0.15, 0.2) is 36.9 Å². The van der Waals surface area contributed by atoms with E-state index in [4.69, 9.17) is 0 Å². The summed E-state index contributed by atoms with van der Waals surface area (Å²) in [5, 5.41) is 4.80. The molecule has 92 valence electrons. The van der Waals surface area contributed by atoms with E-state index >= 15 is 0 Å². The highest BCUT2D eigenvalue weighted by atomic mass is 32.2. The maximum atomic E-state index is 11.3. The maximum Gasteiger partial charge on any atom is 0.250 e. The Bertz CT molecular complexity index is 816. The minimum atomic E-state index is -3.34. The second-order valence-electron chi connectivity index (χ2n) is 4.00. The van der Waals surface area contributed by atoms with Gasteiger partial charge in [0.2, 0.25) is 0 Å². The Hall–Kier alpha value is -2.15. The molecule has 0 spiro atoms.